The zero-order chi connectivity index (χ0) is 14.8. The third-order valence-electron chi connectivity index (χ3n) is 3.33. The van der Waals surface area contributed by atoms with Crippen LogP contribution in [-0.2, 0) is 0 Å². The number of amides is 1. The van der Waals surface area contributed by atoms with E-state index in [9.17, 15) is 4.79 Å². The van der Waals surface area contributed by atoms with Gasteiger partial charge in [-0.1, -0.05) is 0 Å². The van der Waals surface area contributed by atoms with E-state index in [1.807, 2.05) is 6.07 Å². The van der Waals surface area contributed by atoms with Crippen LogP contribution < -0.4 is 5.32 Å². The molecule has 6 heteroatoms. The second-order valence-electron chi connectivity index (χ2n) is 5.00. The molecule has 1 fully saturated rings. The zero-order valence-corrected chi connectivity index (χ0v) is 11.5. The quantitative estimate of drug-likeness (QED) is 0.929. The summed E-state index contributed by atoms with van der Waals surface area (Å²) >= 11 is 0. The molecule has 0 spiro atoms. The van der Waals surface area contributed by atoms with Crippen molar-refractivity contribution < 1.29 is 4.79 Å². The highest BCUT2D eigenvalue weighted by Gasteiger charge is 2.26. The van der Waals surface area contributed by atoms with E-state index in [0.29, 0.717) is 28.6 Å². The Balaban J connectivity index is 1.75. The molecule has 2 aromatic rings. The van der Waals surface area contributed by atoms with Gasteiger partial charge in [0.1, 0.15) is 17.6 Å². The zero-order valence-electron chi connectivity index (χ0n) is 11.5. The van der Waals surface area contributed by atoms with Crippen LogP contribution in [-0.4, -0.2) is 20.9 Å². The highest BCUT2D eigenvalue weighted by atomic mass is 16.1. The minimum Gasteiger partial charge on any atom is -0.320 e. The van der Waals surface area contributed by atoms with Gasteiger partial charge in [0.2, 0.25) is 0 Å². The average Bonchev–Trinajstić information content (AvgIpc) is 3.34. The number of anilines is 1. The monoisotopic (exact) mass is 279 g/mol. The normalized spacial score (nSPS) is 13.5. The third-order valence-corrected chi connectivity index (χ3v) is 3.33. The molecule has 0 aliphatic heterocycles. The molecule has 0 saturated heterocycles. The molecular formula is C15H13N5O. The molecule has 0 bridgehead atoms. The number of carbonyl (C=O) groups is 1. The number of nitrogens with zero attached hydrogens (tertiary/aromatic N) is 4. The highest BCUT2D eigenvalue weighted by molar-refractivity contribution is 6.04. The number of hydrogen-bond donors (Lipinski definition) is 1. The summed E-state index contributed by atoms with van der Waals surface area (Å²) in [7, 11) is 0. The first-order valence-corrected chi connectivity index (χ1v) is 6.68. The Morgan fingerprint density at radius 1 is 1.33 bits per heavy atom. The second kappa shape index (κ2) is 5.29. The molecule has 21 heavy (non-hydrogen) atoms. The number of rotatable bonds is 3. The fourth-order valence-electron chi connectivity index (χ4n) is 1.96. The molecule has 1 saturated carbocycles. The largest absolute Gasteiger partial charge is 0.320 e. The summed E-state index contributed by atoms with van der Waals surface area (Å²) in [6, 6.07) is 5.19. The molecule has 1 aliphatic rings. The topological polar surface area (TPSA) is 91.6 Å². The van der Waals surface area contributed by atoms with Crippen LogP contribution in [0.5, 0.6) is 0 Å². The SMILES string of the molecule is Cc1nc(C#N)ccc1NC(=O)c1cnc(C2CC2)nc1. The first-order chi connectivity index (χ1) is 10.2. The first kappa shape index (κ1) is 13.2. The minimum atomic E-state index is -0.285. The fraction of sp³-hybridized carbons (Fsp3) is 0.267. The smallest absolute Gasteiger partial charge is 0.258 e. The van der Waals surface area contributed by atoms with E-state index in [0.717, 1.165) is 18.7 Å². The summed E-state index contributed by atoms with van der Waals surface area (Å²) in [6.45, 7) is 1.74. The summed E-state index contributed by atoms with van der Waals surface area (Å²) in [5.74, 6) is 0.988. The van der Waals surface area contributed by atoms with Crippen LogP contribution in [0.15, 0.2) is 24.5 Å². The summed E-state index contributed by atoms with van der Waals surface area (Å²) in [5.41, 5.74) is 1.90. The second-order valence-corrected chi connectivity index (χ2v) is 5.00. The van der Waals surface area contributed by atoms with Crippen molar-refractivity contribution in [1.82, 2.24) is 15.0 Å². The van der Waals surface area contributed by atoms with Crippen molar-refractivity contribution in [3.63, 3.8) is 0 Å². The van der Waals surface area contributed by atoms with Crippen molar-refractivity contribution in [2.75, 3.05) is 5.32 Å². The molecule has 1 aliphatic carbocycles. The molecule has 104 valence electrons. The van der Waals surface area contributed by atoms with E-state index in [2.05, 4.69) is 20.3 Å². The Morgan fingerprint density at radius 3 is 2.62 bits per heavy atom. The highest BCUT2D eigenvalue weighted by Crippen LogP contribution is 2.37. The number of hydrogen-bond acceptors (Lipinski definition) is 5. The molecule has 2 aromatic heterocycles. The molecule has 0 unspecified atom stereocenters. The summed E-state index contributed by atoms with van der Waals surface area (Å²) in [6.07, 6.45) is 5.34. The Morgan fingerprint density at radius 2 is 2.05 bits per heavy atom. The van der Waals surface area contributed by atoms with Crippen LogP contribution in [0.2, 0.25) is 0 Å². The maximum Gasteiger partial charge on any atom is 0.258 e. The number of carbonyl (C=O) groups excluding carboxylic acids is 1. The Labute approximate surface area is 121 Å². The molecule has 1 N–H and O–H groups in total. The summed E-state index contributed by atoms with van der Waals surface area (Å²) in [5, 5.41) is 11.5. The van der Waals surface area contributed by atoms with Gasteiger partial charge in [0, 0.05) is 18.3 Å². The predicted octanol–water partition coefficient (Wildman–Crippen LogP) is 2.18. The lowest BCUT2D eigenvalue weighted by molar-refractivity contribution is 0.102. The van der Waals surface area contributed by atoms with Crippen molar-refractivity contribution in [3.8, 4) is 6.07 Å². The van der Waals surface area contributed by atoms with E-state index >= 15 is 0 Å². The van der Waals surface area contributed by atoms with Crippen LogP contribution in [0.1, 0.15) is 46.3 Å². The first-order valence-electron chi connectivity index (χ1n) is 6.68. The van der Waals surface area contributed by atoms with E-state index in [4.69, 9.17) is 5.26 Å². The van der Waals surface area contributed by atoms with Gasteiger partial charge in [-0.15, -0.1) is 0 Å². The Bertz CT molecular complexity index is 729. The van der Waals surface area contributed by atoms with E-state index in [-0.39, 0.29) is 5.91 Å². The predicted molar refractivity (Wildman–Crippen MR) is 75.6 cm³/mol. The molecule has 0 aromatic carbocycles. The van der Waals surface area contributed by atoms with Crippen LogP contribution in [0.4, 0.5) is 5.69 Å². The van der Waals surface area contributed by atoms with Crippen molar-refractivity contribution in [2.24, 2.45) is 0 Å². The van der Waals surface area contributed by atoms with E-state index in [1.165, 1.54) is 0 Å². The fourth-order valence-corrected chi connectivity index (χ4v) is 1.96. The number of nitrogens with one attached hydrogen (secondary N) is 1. The molecule has 1 amide bonds. The lowest BCUT2D eigenvalue weighted by Crippen LogP contribution is -2.14. The van der Waals surface area contributed by atoms with Gasteiger partial charge in [0.25, 0.3) is 5.91 Å². The minimum absolute atomic E-state index is 0.285. The van der Waals surface area contributed by atoms with Gasteiger partial charge in [-0.05, 0) is 31.9 Å². The Kier molecular flexibility index (Phi) is 3.32. The van der Waals surface area contributed by atoms with Crippen molar-refractivity contribution >= 4 is 11.6 Å². The van der Waals surface area contributed by atoms with Crippen LogP contribution in [0, 0.1) is 18.3 Å². The molecule has 3 rings (SSSR count). The lowest BCUT2D eigenvalue weighted by Gasteiger charge is -2.07. The molecule has 6 nitrogen and oxygen atoms in total. The summed E-state index contributed by atoms with van der Waals surface area (Å²) < 4.78 is 0. The maximum absolute atomic E-state index is 12.1. The molecule has 2 heterocycles. The average molecular weight is 279 g/mol. The van der Waals surface area contributed by atoms with Gasteiger partial charge < -0.3 is 5.32 Å². The van der Waals surface area contributed by atoms with Gasteiger partial charge in [-0.3, -0.25) is 4.79 Å². The van der Waals surface area contributed by atoms with E-state index in [1.54, 1.807) is 31.5 Å². The standard InChI is InChI=1S/C15H13N5O/c1-9-13(5-4-12(6-16)19-9)20-15(21)11-7-17-14(18-8-11)10-2-3-10/h4-5,7-8,10H,2-3H2,1H3,(H,20,21). The number of nitriles is 1. The number of aryl methyl sites for hydroxylation is 1. The van der Waals surface area contributed by atoms with Crippen LogP contribution >= 0.6 is 0 Å². The molecule has 0 radical (unpaired) electrons. The maximum atomic E-state index is 12.1. The lowest BCUT2D eigenvalue weighted by atomic mass is 10.2. The molecule has 0 atom stereocenters. The van der Waals surface area contributed by atoms with Gasteiger partial charge in [0.15, 0.2) is 0 Å². The van der Waals surface area contributed by atoms with Crippen molar-refractivity contribution in [1.29, 1.82) is 5.26 Å². The Hall–Kier alpha value is -2.81. The van der Waals surface area contributed by atoms with Crippen molar-refractivity contribution in [3.05, 3.63) is 47.3 Å². The van der Waals surface area contributed by atoms with E-state index < -0.39 is 0 Å². The van der Waals surface area contributed by atoms with Gasteiger partial charge in [-0.2, -0.15) is 5.26 Å². The molecular weight excluding hydrogens is 266 g/mol. The van der Waals surface area contributed by atoms with Gasteiger partial charge >= 0.3 is 0 Å². The van der Waals surface area contributed by atoms with Crippen LogP contribution in [0.25, 0.3) is 0 Å². The van der Waals surface area contributed by atoms with Crippen molar-refractivity contribution in [2.45, 2.75) is 25.7 Å². The van der Waals surface area contributed by atoms with Gasteiger partial charge in [-0.25, -0.2) is 15.0 Å². The number of aromatic nitrogens is 3. The van der Waals surface area contributed by atoms with Gasteiger partial charge in [0.05, 0.1) is 16.9 Å². The van der Waals surface area contributed by atoms with Crippen LogP contribution in [0.3, 0.4) is 0 Å². The third kappa shape index (κ3) is 2.87. The number of pyridine rings is 1. The summed E-state index contributed by atoms with van der Waals surface area (Å²) in [4.78, 5) is 24.7.